The van der Waals surface area contributed by atoms with E-state index in [0.29, 0.717) is 30.4 Å². The summed E-state index contributed by atoms with van der Waals surface area (Å²) >= 11 is 12.3. The number of benzene rings is 2. The van der Waals surface area contributed by atoms with Crippen LogP contribution < -0.4 is 10.6 Å². The summed E-state index contributed by atoms with van der Waals surface area (Å²) < 4.78 is 14.4. The molecule has 1 aromatic heterocycles. The lowest BCUT2D eigenvalue weighted by atomic mass is 10.00. The number of amides is 2. The average molecular weight is 505 g/mol. The molecule has 3 atom stereocenters. The van der Waals surface area contributed by atoms with Gasteiger partial charge in [-0.2, -0.15) is 0 Å². The molecule has 1 aliphatic heterocycles. The smallest absolute Gasteiger partial charge is 0.319 e. The molecule has 0 bridgehead atoms. The van der Waals surface area contributed by atoms with Crippen LogP contribution in [0.25, 0.3) is 0 Å². The molecule has 3 N–H and O–H groups in total. The molecule has 0 aliphatic carbocycles. The van der Waals surface area contributed by atoms with Crippen molar-refractivity contribution in [2.45, 2.75) is 45.0 Å². The molecule has 4 rings (SSSR count). The number of imidazole rings is 1. The molecule has 34 heavy (non-hydrogen) atoms. The van der Waals surface area contributed by atoms with Gasteiger partial charge in [0.05, 0.1) is 31.7 Å². The molecular weight excluding hydrogens is 479 g/mol. The maximum absolute atomic E-state index is 11.9. The van der Waals surface area contributed by atoms with Gasteiger partial charge in [0.15, 0.2) is 11.4 Å². The van der Waals surface area contributed by atoms with Crippen molar-refractivity contribution < 1.29 is 19.4 Å². The molecule has 0 radical (unpaired) electrons. The minimum atomic E-state index is -0.671. The van der Waals surface area contributed by atoms with Gasteiger partial charge in [-0.1, -0.05) is 59.6 Å². The van der Waals surface area contributed by atoms with Crippen LogP contribution in [0.3, 0.4) is 0 Å². The lowest BCUT2D eigenvalue weighted by molar-refractivity contribution is -0.252. The Bertz CT molecular complexity index is 1120. The summed E-state index contributed by atoms with van der Waals surface area (Å²) in [5, 5.41) is 15.5. The molecule has 2 aromatic carbocycles. The summed E-state index contributed by atoms with van der Waals surface area (Å²) in [6.07, 6.45) is 0.992. The molecule has 8 nitrogen and oxygen atoms in total. The van der Waals surface area contributed by atoms with Gasteiger partial charge in [-0.3, -0.25) is 0 Å². The predicted molar refractivity (Wildman–Crippen MR) is 130 cm³/mol. The fourth-order valence-corrected chi connectivity index (χ4v) is 4.14. The number of hydrogen-bond acceptors (Lipinski definition) is 5. The second-order valence-electron chi connectivity index (χ2n) is 7.94. The number of rotatable bonds is 7. The second-order valence-corrected chi connectivity index (χ2v) is 8.65. The highest BCUT2D eigenvalue weighted by atomic mass is 35.5. The first-order valence-corrected chi connectivity index (χ1v) is 11.7. The maximum atomic E-state index is 11.9. The number of halogens is 2. The first-order chi connectivity index (χ1) is 16.5. The number of urea groups is 1. The minimum Gasteiger partial charge on any atom is -0.392 e. The summed E-state index contributed by atoms with van der Waals surface area (Å²) in [6, 6.07) is 14.7. The van der Waals surface area contributed by atoms with E-state index in [1.807, 2.05) is 49.4 Å². The Balaban J connectivity index is 1.58. The number of anilines is 1. The third-order valence-corrected chi connectivity index (χ3v) is 6.27. The Kier molecular flexibility index (Phi) is 8.07. The van der Waals surface area contributed by atoms with E-state index < -0.39 is 6.29 Å². The number of aliphatic hydroxyl groups is 1. The van der Waals surface area contributed by atoms with E-state index in [9.17, 15) is 9.90 Å². The Hall–Kier alpha value is -2.62. The second kappa shape index (κ2) is 11.2. The van der Waals surface area contributed by atoms with Crippen LogP contribution in [0.15, 0.2) is 54.9 Å². The van der Waals surface area contributed by atoms with Gasteiger partial charge >= 0.3 is 6.03 Å². The number of aliphatic hydroxyl groups excluding tert-OH is 1. The van der Waals surface area contributed by atoms with Gasteiger partial charge in [-0.15, -0.1) is 0 Å². The van der Waals surface area contributed by atoms with E-state index in [1.165, 1.54) is 0 Å². The zero-order chi connectivity index (χ0) is 24.1. The molecule has 2 heterocycles. The van der Waals surface area contributed by atoms with Gasteiger partial charge in [-0.25, -0.2) is 9.78 Å². The van der Waals surface area contributed by atoms with E-state index in [4.69, 9.17) is 32.7 Å². The van der Waals surface area contributed by atoms with Crippen LogP contribution in [0.1, 0.15) is 42.4 Å². The molecule has 0 saturated carbocycles. The van der Waals surface area contributed by atoms with Crippen LogP contribution in [0.4, 0.5) is 10.5 Å². The predicted octanol–water partition coefficient (Wildman–Crippen LogP) is 5.07. The molecule has 1 aliphatic rings. The van der Waals surface area contributed by atoms with Crippen LogP contribution in [-0.2, 0) is 22.6 Å². The largest absolute Gasteiger partial charge is 0.392 e. The maximum Gasteiger partial charge on any atom is 0.319 e. The van der Waals surface area contributed by atoms with Gasteiger partial charge < -0.3 is 29.8 Å². The van der Waals surface area contributed by atoms with Crippen molar-refractivity contribution in [1.82, 2.24) is 14.9 Å². The minimum absolute atomic E-state index is 0.0224. The number of nitrogens with one attached hydrogen (secondary N) is 2. The summed E-state index contributed by atoms with van der Waals surface area (Å²) in [4.78, 5) is 16.0. The van der Waals surface area contributed by atoms with E-state index in [-0.39, 0.29) is 30.0 Å². The summed E-state index contributed by atoms with van der Waals surface area (Å²) in [7, 11) is 0. The fourth-order valence-electron chi connectivity index (χ4n) is 3.82. The van der Waals surface area contributed by atoms with Crippen molar-refractivity contribution in [1.29, 1.82) is 0 Å². The van der Waals surface area contributed by atoms with Crippen LogP contribution >= 0.6 is 23.2 Å². The molecule has 180 valence electrons. The van der Waals surface area contributed by atoms with Crippen molar-refractivity contribution in [3.8, 4) is 0 Å². The van der Waals surface area contributed by atoms with E-state index in [2.05, 4.69) is 15.6 Å². The standard InChI is InChI=1S/C24H26Cl2N4O4/c1-2-27-24(32)29-18-5-3-4-17(10-18)23-33-19(12-30-14-28-21(25)22(30)26)11-20(34-23)16-8-6-15(13-31)7-9-16/h3-10,14,19-20,23,31H,2,11-13H2,1H3,(H2,27,29,32)/t19-,20+,23?/m0/s1. The molecule has 10 heteroatoms. The van der Waals surface area contributed by atoms with Gasteiger partial charge in [0.25, 0.3) is 0 Å². The molecule has 1 fully saturated rings. The van der Waals surface area contributed by atoms with Crippen molar-refractivity contribution >= 4 is 34.9 Å². The van der Waals surface area contributed by atoms with Crippen molar-refractivity contribution in [2.75, 3.05) is 11.9 Å². The quantitative estimate of drug-likeness (QED) is 0.417. The van der Waals surface area contributed by atoms with Crippen LogP contribution in [0.5, 0.6) is 0 Å². The molecule has 2 amide bonds. The SMILES string of the molecule is CCNC(=O)Nc1cccc(C2O[C@H](Cn3cnc(Cl)c3Cl)C[C@H](c3ccc(CO)cc3)O2)c1. The lowest BCUT2D eigenvalue weighted by Gasteiger charge is -2.36. The fraction of sp³-hybridized carbons (Fsp3) is 0.333. The van der Waals surface area contributed by atoms with Crippen molar-refractivity contribution in [3.63, 3.8) is 0 Å². The zero-order valence-corrected chi connectivity index (χ0v) is 20.1. The van der Waals surface area contributed by atoms with E-state index in [1.54, 1.807) is 17.0 Å². The van der Waals surface area contributed by atoms with Crippen molar-refractivity contribution in [3.05, 3.63) is 81.9 Å². The Morgan fingerprint density at radius 2 is 1.97 bits per heavy atom. The number of nitrogens with zero attached hydrogens (tertiary/aromatic N) is 2. The van der Waals surface area contributed by atoms with Crippen LogP contribution in [0, 0.1) is 0 Å². The summed E-state index contributed by atoms with van der Waals surface area (Å²) in [5.41, 5.74) is 3.20. The van der Waals surface area contributed by atoms with E-state index in [0.717, 1.165) is 16.7 Å². The summed E-state index contributed by atoms with van der Waals surface area (Å²) in [5.74, 6) is 0. The van der Waals surface area contributed by atoms with E-state index >= 15 is 0 Å². The number of aromatic nitrogens is 2. The lowest BCUT2D eigenvalue weighted by Crippen LogP contribution is -2.32. The number of carbonyl (C=O) groups is 1. The number of ether oxygens (including phenoxy) is 2. The molecule has 1 unspecified atom stereocenters. The first kappa shape index (κ1) is 24.5. The Morgan fingerprint density at radius 3 is 2.65 bits per heavy atom. The highest BCUT2D eigenvalue weighted by Gasteiger charge is 2.33. The Labute approximate surface area is 207 Å². The molecule has 3 aromatic rings. The van der Waals surface area contributed by atoms with Gasteiger partial charge in [-0.05, 0) is 30.2 Å². The average Bonchev–Trinajstić information content (AvgIpc) is 3.16. The number of hydrogen-bond donors (Lipinski definition) is 3. The number of carbonyl (C=O) groups excluding carboxylic acids is 1. The van der Waals surface area contributed by atoms with Crippen molar-refractivity contribution in [2.24, 2.45) is 0 Å². The van der Waals surface area contributed by atoms with Crippen LogP contribution in [-0.4, -0.2) is 33.3 Å². The van der Waals surface area contributed by atoms with Gasteiger partial charge in [0, 0.05) is 24.2 Å². The highest BCUT2D eigenvalue weighted by Crippen LogP contribution is 2.39. The van der Waals surface area contributed by atoms with Gasteiger partial charge in [0.1, 0.15) is 5.15 Å². The molecular formula is C24H26Cl2N4O4. The zero-order valence-electron chi connectivity index (χ0n) is 18.6. The highest BCUT2D eigenvalue weighted by molar-refractivity contribution is 6.40. The van der Waals surface area contributed by atoms with Gasteiger partial charge in [0.2, 0.25) is 0 Å². The normalized spacial score (nSPS) is 20.2. The third-order valence-electron chi connectivity index (χ3n) is 5.50. The molecule has 1 saturated heterocycles. The topological polar surface area (TPSA) is 97.6 Å². The third kappa shape index (κ3) is 5.89. The van der Waals surface area contributed by atoms with Crippen LogP contribution in [0.2, 0.25) is 10.3 Å². The first-order valence-electron chi connectivity index (χ1n) is 11.0. The molecule has 0 spiro atoms. The monoisotopic (exact) mass is 504 g/mol. The summed E-state index contributed by atoms with van der Waals surface area (Å²) in [6.45, 7) is 2.80. The Morgan fingerprint density at radius 1 is 1.18 bits per heavy atom.